The van der Waals surface area contributed by atoms with Crippen molar-refractivity contribution in [2.75, 3.05) is 33.4 Å². The van der Waals surface area contributed by atoms with Gasteiger partial charge in [-0.15, -0.1) is 0 Å². The summed E-state index contributed by atoms with van der Waals surface area (Å²) in [6.07, 6.45) is 6.79. The van der Waals surface area contributed by atoms with E-state index >= 15 is 0 Å². The zero-order chi connectivity index (χ0) is 15.4. The van der Waals surface area contributed by atoms with E-state index in [1.165, 1.54) is 5.56 Å². The van der Waals surface area contributed by atoms with Crippen LogP contribution in [0.4, 0.5) is 0 Å². The Labute approximate surface area is 132 Å². The number of nitrogens with zero attached hydrogens (tertiary/aromatic N) is 2. The van der Waals surface area contributed by atoms with Crippen LogP contribution in [-0.2, 0) is 9.53 Å². The molecule has 3 heterocycles. The van der Waals surface area contributed by atoms with Crippen LogP contribution < -0.4 is 5.32 Å². The predicted molar refractivity (Wildman–Crippen MR) is 84.3 cm³/mol. The van der Waals surface area contributed by atoms with E-state index in [2.05, 4.69) is 28.3 Å². The van der Waals surface area contributed by atoms with Crippen LogP contribution in [0.5, 0.6) is 0 Å². The van der Waals surface area contributed by atoms with Gasteiger partial charge in [0, 0.05) is 31.6 Å². The quantitative estimate of drug-likeness (QED) is 0.918. The molecule has 0 radical (unpaired) electrons. The molecule has 0 aromatic carbocycles. The first kappa shape index (κ1) is 15.4. The molecule has 0 unspecified atom stereocenters. The molecule has 0 bridgehead atoms. The Morgan fingerprint density at radius 3 is 3.14 bits per heavy atom. The van der Waals surface area contributed by atoms with Crippen LogP contribution in [0.25, 0.3) is 0 Å². The molecule has 2 saturated heterocycles. The second kappa shape index (κ2) is 7.20. The van der Waals surface area contributed by atoms with Gasteiger partial charge in [-0.05, 0) is 50.4 Å². The molecule has 2 aliphatic heterocycles. The first-order valence-corrected chi connectivity index (χ1v) is 8.21. The average molecular weight is 303 g/mol. The highest BCUT2D eigenvalue weighted by atomic mass is 16.5. The van der Waals surface area contributed by atoms with Crippen molar-refractivity contribution in [3.05, 3.63) is 30.1 Å². The van der Waals surface area contributed by atoms with Crippen LogP contribution >= 0.6 is 0 Å². The average Bonchev–Trinajstić information content (AvgIpc) is 2.95. The fourth-order valence-corrected chi connectivity index (χ4v) is 3.64. The standard InChI is InChI=1S/C17H25N3O2/c1-20-8-6-14(16(20)13-4-2-7-18-10-13)11-19-17(21)15-5-3-9-22-12-15/h2,4,7,10,14-16H,3,5-6,8-9,11-12H2,1H3,(H,19,21)/t14-,15-,16-/m0/s1. The predicted octanol–water partition coefficient (Wildman–Crippen LogP) is 1.62. The topological polar surface area (TPSA) is 54.5 Å². The van der Waals surface area contributed by atoms with Crippen molar-refractivity contribution >= 4 is 5.91 Å². The smallest absolute Gasteiger partial charge is 0.225 e. The van der Waals surface area contributed by atoms with Crippen LogP contribution in [0.15, 0.2) is 24.5 Å². The number of nitrogens with one attached hydrogen (secondary N) is 1. The number of likely N-dealkylation sites (tertiary alicyclic amines) is 1. The lowest BCUT2D eigenvalue weighted by molar-refractivity contribution is -0.129. The van der Waals surface area contributed by atoms with Gasteiger partial charge in [-0.2, -0.15) is 0 Å². The van der Waals surface area contributed by atoms with Crippen molar-refractivity contribution in [1.82, 2.24) is 15.2 Å². The molecular weight excluding hydrogens is 278 g/mol. The summed E-state index contributed by atoms with van der Waals surface area (Å²) in [4.78, 5) is 18.9. The molecule has 1 amide bonds. The second-order valence-corrected chi connectivity index (χ2v) is 6.42. The minimum absolute atomic E-state index is 0.0322. The summed E-state index contributed by atoms with van der Waals surface area (Å²) in [6.45, 7) is 3.16. The summed E-state index contributed by atoms with van der Waals surface area (Å²) in [6, 6.07) is 4.45. The van der Waals surface area contributed by atoms with Crippen molar-refractivity contribution in [3.63, 3.8) is 0 Å². The molecule has 22 heavy (non-hydrogen) atoms. The molecule has 1 aromatic heterocycles. The van der Waals surface area contributed by atoms with Crippen LogP contribution in [0.1, 0.15) is 30.9 Å². The van der Waals surface area contributed by atoms with Gasteiger partial charge in [-0.25, -0.2) is 0 Å². The summed E-state index contributed by atoms with van der Waals surface area (Å²) < 4.78 is 5.41. The molecule has 5 nitrogen and oxygen atoms in total. The Balaban J connectivity index is 1.58. The lowest BCUT2D eigenvalue weighted by Crippen LogP contribution is -2.39. The molecule has 2 aliphatic rings. The Morgan fingerprint density at radius 1 is 1.50 bits per heavy atom. The van der Waals surface area contributed by atoms with Gasteiger partial charge in [0.25, 0.3) is 0 Å². The second-order valence-electron chi connectivity index (χ2n) is 6.42. The number of amides is 1. The SMILES string of the molecule is CN1CC[C@@H](CNC(=O)[C@H]2CCCOC2)[C@@H]1c1cccnc1. The van der Waals surface area contributed by atoms with E-state index in [0.29, 0.717) is 18.6 Å². The van der Waals surface area contributed by atoms with Gasteiger partial charge in [-0.1, -0.05) is 6.07 Å². The number of carbonyl (C=O) groups excluding carboxylic acids is 1. The number of hydrogen-bond donors (Lipinski definition) is 1. The van der Waals surface area contributed by atoms with E-state index in [1.54, 1.807) is 6.20 Å². The van der Waals surface area contributed by atoms with Gasteiger partial charge in [0.15, 0.2) is 0 Å². The van der Waals surface area contributed by atoms with E-state index in [1.807, 2.05) is 12.3 Å². The normalized spacial score (nSPS) is 29.4. The van der Waals surface area contributed by atoms with Gasteiger partial charge in [0.1, 0.15) is 0 Å². The number of rotatable bonds is 4. The summed E-state index contributed by atoms with van der Waals surface area (Å²) in [5.41, 5.74) is 1.24. The molecule has 0 saturated carbocycles. The third-order valence-corrected chi connectivity index (χ3v) is 4.87. The number of ether oxygens (including phenoxy) is 1. The van der Waals surface area contributed by atoms with Crippen molar-refractivity contribution in [2.24, 2.45) is 11.8 Å². The highest BCUT2D eigenvalue weighted by Gasteiger charge is 2.33. The van der Waals surface area contributed by atoms with E-state index in [4.69, 9.17) is 4.74 Å². The minimum Gasteiger partial charge on any atom is -0.381 e. The molecule has 2 fully saturated rings. The van der Waals surface area contributed by atoms with Gasteiger partial charge in [-0.3, -0.25) is 14.7 Å². The number of carbonyl (C=O) groups is 1. The van der Waals surface area contributed by atoms with Crippen molar-refractivity contribution in [2.45, 2.75) is 25.3 Å². The first-order chi connectivity index (χ1) is 10.8. The number of hydrogen-bond acceptors (Lipinski definition) is 4. The van der Waals surface area contributed by atoms with Gasteiger partial charge < -0.3 is 10.1 Å². The molecule has 5 heteroatoms. The zero-order valence-electron chi connectivity index (χ0n) is 13.2. The van der Waals surface area contributed by atoms with E-state index in [9.17, 15) is 4.79 Å². The maximum Gasteiger partial charge on any atom is 0.225 e. The van der Waals surface area contributed by atoms with E-state index < -0.39 is 0 Å². The lowest BCUT2D eigenvalue weighted by atomic mass is 9.94. The summed E-state index contributed by atoms with van der Waals surface area (Å²) in [7, 11) is 2.15. The number of aromatic nitrogens is 1. The molecule has 3 atom stereocenters. The lowest BCUT2D eigenvalue weighted by Gasteiger charge is -2.27. The van der Waals surface area contributed by atoms with Crippen molar-refractivity contribution in [1.29, 1.82) is 0 Å². The molecule has 3 rings (SSSR count). The van der Waals surface area contributed by atoms with Crippen LogP contribution in [0, 0.1) is 11.8 Å². The molecule has 120 valence electrons. The zero-order valence-corrected chi connectivity index (χ0v) is 13.2. The Kier molecular flexibility index (Phi) is 5.05. The van der Waals surface area contributed by atoms with Gasteiger partial charge in [0.05, 0.1) is 12.5 Å². The minimum atomic E-state index is 0.0322. The van der Waals surface area contributed by atoms with E-state index in [-0.39, 0.29) is 11.8 Å². The maximum absolute atomic E-state index is 12.3. The van der Waals surface area contributed by atoms with Gasteiger partial charge >= 0.3 is 0 Å². The van der Waals surface area contributed by atoms with Gasteiger partial charge in [0.2, 0.25) is 5.91 Å². The molecule has 1 N–H and O–H groups in total. The van der Waals surface area contributed by atoms with Crippen molar-refractivity contribution < 1.29 is 9.53 Å². The third kappa shape index (κ3) is 3.47. The highest BCUT2D eigenvalue weighted by molar-refractivity contribution is 5.78. The first-order valence-electron chi connectivity index (χ1n) is 8.21. The Hall–Kier alpha value is -1.46. The summed E-state index contributed by atoms with van der Waals surface area (Å²) in [5.74, 6) is 0.631. The fraction of sp³-hybridized carbons (Fsp3) is 0.647. The van der Waals surface area contributed by atoms with E-state index in [0.717, 1.165) is 39.0 Å². The van der Waals surface area contributed by atoms with Crippen LogP contribution in [-0.4, -0.2) is 49.1 Å². The molecule has 0 aliphatic carbocycles. The molecule has 0 spiro atoms. The largest absolute Gasteiger partial charge is 0.381 e. The molecule has 1 aromatic rings. The third-order valence-electron chi connectivity index (χ3n) is 4.87. The summed E-state index contributed by atoms with van der Waals surface area (Å²) in [5, 5.41) is 3.15. The fourth-order valence-electron chi connectivity index (χ4n) is 3.64. The van der Waals surface area contributed by atoms with Crippen molar-refractivity contribution in [3.8, 4) is 0 Å². The van der Waals surface area contributed by atoms with Crippen LogP contribution in [0.2, 0.25) is 0 Å². The highest BCUT2D eigenvalue weighted by Crippen LogP contribution is 2.35. The Bertz CT molecular complexity index is 488. The monoisotopic (exact) mass is 303 g/mol. The Morgan fingerprint density at radius 2 is 2.41 bits per heavy atom. The maximum atomic E-state index is 12.3. The molecular formula is C17H25N3O2. The summed E-state index contributed by atoms with van der Waals surface area (Å²) >= 11 is 0. The number of pyridine rings is 1. The van der Waals surface area contributed by atoms with Crippen LogP contribution in [0.3, 0.4) is 0 Å².